The minimum absolute atomic E-state index is 0.185. The summed E-state index contributed by atoms with van der Waals surface area (Å²) in [6.45, 7) is 2.00. The molecule has 0 aliphatic carbocycles. The molecule has 0 bridgehead atoms. The summed E-state index contributed by atoms with van der Waals surface area (Å²) in [7, 11) is 3.53. The molecule has 0 aliphatic heterocycles. The molecular weight excluding hydrogens is 174 g/mol. The summed E-state index contributed by atoms with van der Waals surface area (Å²) in [5.74, 6) is 0.846. The summed E-state index contributed by atoms with van der Waals surface area (Å²) >= 11 is 1.37. The van der Waals surface area contributed by atoms with Gasteiger partial charge in [-0.25, -0.2) is 4.98 Å². The summed E-state index contributed by atoms with van der Waals surface area (Å²) < 4.78 is 9.26. The molecule has 0 aromatic carbocycles. The van der Waals surface area contributed by atoms with Crippen molar-refractivity contribution >= 4 is 16.7 Å². The van der Waals surface area contributed by atoms with Crippen LogP contribution < -0.4 is 5.32 Å². The van der Waals surface area contributed by atoms with Crippen LogP contribution in [-0.4, -0.2) is 29.6 Å². The van der Waals surface area contributed by atoms with E-state index in [9.17, 15) is 0 Å². The summed E-state index contributed by atoms with van der Waals surface area (Å²) in [4.78, 5) is 4.23. The molecular formula is C7H13N3OS. The number of anilines is 1. The fourth-order valence-corrected chi connectivity index (χ4v) is 1.32. The van der Waals surface area contributed by atoms with E-state index >= 15 is 0 Å². The molecule has 0 aliphatic rings. The second-order valence-electron chi connectivity index (χ2n) is 2.52. The number of hydrogen-bond donors (Lipinski definition) is 1. The van der Waals surface area contributed by atoms with Crippen molar-refractivity contribution in [2.75, 3.05) is 19.5 Å². The first kappa shape index (κ1) is 9.41. The number of hydrogen-bond acceptors (Lipinski definition) is 5. The highest BCUT2D eigenvalue weighted by molar-refractivity contribution is 7.09. The molecule has 4 nitrogen and oxygen atoms in total. The highest BCUT2D eigenvalue weighted by Crippen LogP contribution is 2.11. The van der Waals surface area contributed by atoms with Crippen molar-refractivity contribution in [2.45, 2.75) is 19.4 Å². The van der Waals surface area contributed by atoms with Gasteiger partial charge < -0.3 is 10.1 Å². The van der Waals surface area contributed by atoms with Crippen molar-refractivity contribution in [3.63, 3.8) is 0 Å². The lowest BCUT2D eigenvalue weighted by molar-refractivity contribution is 0.117. The van der Waals surface area contributed by atoms with E-state index < -0.39 is 0 Å². The van der Waals surface area contributed by atoms with Gasteiger partial charge in [0, 0.05) is 32.1 Å². The third-order valence-electron chi connectivity index (χ3n) is 1.55. The molecule has 12 heavy (non-hydrogen) atoms. The average molecular weight is 187 g/mol. The maximum absolute atomic E-state index is 5.10. The van der Waals surface area contributed by atoms with Gasteiger partial charge in [-0.2, -0.15) is 4.37 Å². The van der Waals surface area contributed by atoms with Gasteiger partial charge in [0.2, 0.25) is 5.13 Å². The largest absolute Gasteiger partial charge is 0.381 e. The summed E-state index contributed by atoms with van der Waals surface area (Å²) in [5.41, 5.74) is 0. The van der Waals surface area contributed by atoms with Crippen LogP contribution in [0, 0.1) is 0 Å². The second kappa shape index (κ2) is 4.37. The highest BCUT2D eigenvalue weighted by Gasteiger charge is 2.06. The zero-order valence-electron chi connectivity index (χ0n) is 7.50. The molecule has 68 valence electrons. The molecule has 1 heterocycles. The fraction of sp³-hybridized carbons (Fsp3) is 0.714. The Kier molecular flexibility index (Phi) is 3.43. The number of nitrogens with one attached hydrogen (secondary N) is 1. The predicted octanol–water partition coefficient (Wildman–Crippen LogP) is 1.16. The molecule has 5 heteroatoms. The van der Waals surface area contributed by atoms with Crippen LogP contribution in [0.2, 0.25) is 0 Å². The minimum Gasteiger partial charge on any atom is -0.381 e. The Balaban J connectivity index is 2.52. The molecule has 0 radical (unpaired) electrons. The van der Waals surface area contributed by atoms with Crippen molar-refractivity contribution in [3.05, 3.63) is 5.82 Å². The maximum atomic E-state index is 5.10. The van der Waals surface area contributed by atoms with Crippen LogP contribution in [0.4, 0.5) is 5.13 Å². The van der Waals surface area contributed by atoms with Gasteiger partial charge in [-0.3, -0.25) is 0 Å². The fourth-order valence-electron chi connectivity index (χ4n) is 0.779. The van der Waals surface area contributed by atoms with Crippen molar-refractivity contribution in [3.8, 4) is 0 Å². The van der Waals surface area contributed by atoms with Gasteiger partial charge in [-0.1, -0.05) is 0 Å². The van der Waals surface area contributed by atoms with Gasteiger partial charge >= 0.3 is 0 Å². The third kappa shape index (κ3) is 2.42. The second-order valence-corrected chi connectivity index (χ2v) is 3.27. The zero-order chi connectivity index (χ0) is 8.97. The Morgan fingerprint density at radius 1 is 1.67 bits per heavy atom. The number of rotatable bonds is 4. The van der Waals surface area contributed by atoms with Crippen LogP contribution in [0.5, 0.6) is 0 Å². The van der Waals surface area contributed by atoms with Crippen molar-refractivity contribution in [1.29, 1.82) is 0 Å². The molecule has 1 atom stereocenters. The number of ether oxygens (including phenoxy) is 1. The molecule has 1 N–H and O–H groups in total. The number of aromatic nitrogens is 2. The van der Waals surface area contributed by atoms with E-state index in [0.29, 0.717) is 0 Å². The molecule has 0 amide bonds. The van der Waals surface area contributed by atoms with E-state index in [-0.39, 0.29) is 6.10 Å². The quantitative estimate of drug-likeness (QED) is 0.768. The normalized spacial score (nSPS) is 12.9. The number of nitrogens with zero attached hydrogens (tertiary/aromatic N) is 2. The Bertz CT molecular complexity index is 238. The minimum atomic E-state index is 0.185. The molecule has 0 saturated carbocycles. The van der Waals surface area contributed by atoms with Gasteiger partial charge in [0.05, 0.1) is 6.10 Å². The van der Waals surface area contributed by atoms with Crippen LogP contribution in [-0.2, 0) is 11.2 Å². The third-order valence-corrected chi connectivity index (χ3v) is 2.32. The van der Waals surface area contributed by atoms with E-state index in [2.05, 4.69) is 14.7 Å². The van der Waals surface area contributed by atoms with E-state index in [4.69, 9.17) is 4.74 Å². The first-order valence-electron chi connectivity index (χ1n) is 3.79. The van der Waals surface area contributed by atoms with E-state index in [1.54, 1.807) is 7.11 Å². The molecule has 1 aromatic heterocycles. The lowest BCUT2D eigenvalue weighted by atomic mass is 10.3. The molecule has 0 fully saturated rings. The van der Waals surface area contributed by atoms with Gasteiger partial charge in [0.15, 0.2) is 0 Å². The Hall–Kier alpha value is -0.680. The van der Waals surface area contributed by atoms with Gasteiger partial charge in [-0.05, 0) is 6.92 Å². The first-order valence-corrected chi connectivity index (χ1v) is 4.56. The van der Waals surface area contributed by atoms with Gasteiger partial charge in [0.1, 0.15) is 5.82 Å². The van der Waals surface area contributed by atoms with E-state index in [1.165, 1.54) is 11.5 Å². The Morgan fingerprint density at radius 2 is 2.42 bits per heavy atom. The van der Waals surface area contributed by atoms with Gasteiger partial charge in [-0.15, -0.1) is 0 Å². The van der Waals surface area contributed by atoms with E-state index in [1.807, 2.05) is 14.0 Å². The molecule has 0 spiro atoms. The Morgan fingerprint density at radius 3 is 2.92 bits per heavy atom. The van der Waals surface area contributed by atoms with Crippen LogP contribution in [0.15, 0.2) is 0 Å². The summed E-state index contributed by atoms with van der Waals surface area (Å²) in [6.07, 6.45) is 0.957. The predicted molar refractivity (Wildman–Crippen MR) is 49.6 cm³/mol. The highest BCUT2D eigenvalue weighted by atomic mass is 32.1. The van der Waals surface area contributed by atoms with Crippen LogP contribution >= 0.6 is 11.5 Å². The molecule has 0 saturated heterocycles. The average Bonchev–Trinajstić information content (AvgIpc) is 2.52. The molecule has 1 unspecified atom stereocenters. The maximum Gasteiger partial charge on any atom is 0.202 e. The lowest BCUT2D eigenvalue weighted by Crippen LogP contribution is -2.09. The van der Waals surface area contributed by atoms with Crippen molar-refractivity contribution < 1.29 is 4.74 Å². The SMILES string of the molecule is CNc1nc(CC(C)OC)ns1. The first-order chi connectivity index (χ1) is 5.76. The zero-order valence-corrected chi connectivity index (χ0v) is 8.31. The van der Waals surface area contributed by atoms with Crippen LogP contribution in [0.1, 0.15) is 12.7 Å². The molecule has 1 rings (SSSR count). The molecule has 1 aromatic rings. The standard InChI is InChI=1S/C7H13N3OS/c1-5(11-3)4-6-9-7(8-2)12-10-6/h5H,4H2,1-3H3,(H,8,9,10). The Labute approximate surface area is 76.1 Å². The monoisotopic (exact) mass is 187 g/mol. The smallest absolute Gasteiger partial charge is 0.202 e. The van der Waals surface area contributed by atoms with Gasteiger partial charge in [0.25, 0.3) is 0 Å². The topological polar surface area (TPSA) is 47.0 Å². The van der Waals surface area contributed by atoms with Crippen molar-refractivity contribution in [2.24, 2.45) is 0 Å². The lowest BCUT2D eigenvalue weighted by Gasteiger charge is -2.04. The van der Waals surface area contributed by atoms with E-state index in [0.717, 1.165) is 17.4 Å². The van der Waals surface area contributed by atoms with Crippen LogP contribution in [0.25, 0.3) is 0 Å². The summed E-state index contributed by atoms with van der Waals surface area (Å²) in [5, 5.41) is 3.80. The van der Waals surface area contributed by atoms with Crippen molar-refractivity contribution in [1.82, 2.24) is 9.36 Å². The summed E-state index contributed by atoms with van der Waals surface area (Å²) in [6, 6.07) is 0. The van der Waals surface area contributed by atoms with Crippen LogP contribution in [0.3, 0.4) is 0 Å². The number of methoxy groups -OCH3 is 1.